The van der Waals surface area contributed by atoms with Gasteiger partial charge in [0.05, 0.1) is 24.8 Å². The van der Waals surface area contributed by atoms with Gasteiger partial charge in [-0.05, 0) is 24.3 Å². The maximum absolute atomic E-state index is 13.9. The van der Waals surface area contributed by atoms with E-state index in [0.29, 0.717) is 11.5 Å². The Morgan fingerprint density at radius 3 is 2.25 bits per heavy atom. The van der Waals surface area contributed by atoms with Crippen molar-refractivity contribution in [3.63, 3.8) is 0 Å². The molecule has 5 heteroatoms. The van der Waals surface area contributed by atoms with Crippen molar-refractivity contribution in [2.45, 2.75) is 0 Å². The first-order valence-electron chi connectivity index (χ1n) is 5.78. The summed E-state index contributed by atoms with van der Waals surface area (Å²) in [6.07, 6.45) is 0. The number of hydrogen-bond acceptors (Lipinski definition) is 3. The highest BCUT2D eigenvalue weighted by atomic mass is 35.5. The maximum Gasteiger partial charge on any atom is 0.196 e. The van der Waals surface area contributed by atoms with Crippen molar-refractivity contribution in [3.05, 3.63) is 58.4 Å². The minimum Gasteiger partial charge on any atom is -0.497 e. The molecule has 0 saturated carbocycles. The number of ketones is 1. The molecule has 0 saturated heterocycles. The fraction of sp³-hybridized carbons (Fsp3) is 0.133. The zero-order valence-electron chi connectivity index (χ0n) is 10.9. The second-order valence-corrected chi connectivity index (χ2v) is 4.44. The molecule has 0 aromatic heterocycles. The van der Waals surface area contributed by atoms with E-state index in [1.54, 1.807) is 6.07 Å². The molecule has 0 amide bonds. The van der Waals surface area contributed by atoms with Crippen LogP contribution in [0.5, 0.6) is 11.5 Å². The number of carbonyl (C=O) groups is 1. The molecule has 2 aromatic carbocycles. The third-order valence-corrected chi connectivity index (χ3v) is 3.10. The van der Waals surface area contributed by atoms with Gasteiger partial charge in [-0.3, -0.25) is 4.79 Å². The summed E-state index contributed by atoms with van der Waals surface area (Å²) >= 11 is 5.69. The number of carbonyl (C=O) groups excluding carboxylic acids is 1. The minimum atomic E-state index is -0.735. The zero-order chi connectivity index (χ0) is 14.7. The Bertz CT molecular complexity index is 633. The van der Waals surface area contributed by atoms with Crippen molar-refractivity contribution in [2.24, 2.45) is 0 Å². The fourth-order valence-electron chi connectivity index (χ4n) is 1.77. The van der Waals surface area contributed by atoms with Crippen molar-refractivity contribution in [3.8, 4) is 11.5 Å². The number of benzene rings is 2. The van der Waals surface area contributed by atoms with Crippen LogP contribution in [0.3, 0.4) is 0 Å². The lowest BCUT2D eigenvalue weighted by atomic mass is 10.0. The molecule has 2 aromatic rings. The van der Waals surface area contributed by atoms with Crippen molar-refractivity contribution in [1.82, 2.24) is 0 Å². The molecule has 3 nitrogen and oxygen atoms in total. The van der Waals surface area contributed by atoms with Gasteiger partial charge in [0.15, 0.2) is 11.6 Å². The third-order valence-electron chi connectivity index (χ3n) is 2.81. The van der Waals surface area contributed by atoms with Crippen molar-refractivity contribution in [2.75, 3.05) is 14.2 Å². The number of halogens is 2. The maximum atomic E-state index is 13.9. The molecule has 0 bridgehead atoms. The summed E-state index contributed by atoms with van der Waals surface area (Å²) in [6, 6.07) is 8.97. The van der Waals surface area contributed by atoms with E-state index in [0.717, 1.165) is 0 Å². The van der Waals surface area contributed by atoms with Crippen molar-refractivity contribution < 1.29 is 18.7 Å². The summed E-state index contributed by atoms with van der Waals surface area (Å²) in [6.45, 7) is 0. The van der Waals surface area contributed by atoms with Gasteiger partial charge in [-0.25, -0.2) is 4.39 Å². The van der Waals surface area contributed by atoms with E-state index in [4.69, 9.17) is 21.1 Å². The second kappa shape index (κ2) is 5.92. The van der Waals surface area contributed by atoms with E-state index in [9.17, 15) is 9.18 Å². The van der Waals surface area contributed by atoms with Gasteiger partial charge >= 0.3 is 0 Å². The molecule has 0 unspecified atom stereocenters. The SMILES string of the molecule is COc1cc(OC)cc(C(=O)c2cccc(Cl)c2F)c1. The lowest BCUT2D eigenvalue weighted by Crippen LogP contribution is -2.05. The summed E-state index contributed by atoms with van der Waals surface area (Å²) in [5.41, 5.74) is 0.176. The predicted molar refractivity (Wildman–Crippen MR) is 74.4 cm³/mol. The van der Waals surface area contributed by atoms with E-state index in [-0.39, 0.29) is 16.1 Å². The van der Waals surface area contributed by atoms with Crippen molar-refractivity contribution in [1.29, 1.82) is 0 Å². The Kier molecular flexibility index (Phi) is 4.25. The normalized spacial score (nSPS) is 10.2. The summed E-state index contributed by atoms with van der Waals surface area (Å²) in [5, 5.41) is -0.0919. The number of hydrogen-bond donors (Lipinski definition) is 0. The molecular formula is C15H12ClFO3. The molecule has 0 fully saturated rings. The average molecular weight is 295 g/mol. The lowest BCUT2D eigenvalue weighted by molar-refractivity contribution is 0.103. The smallest absolute Gasteiger partial charge is 0.196 e. The van der Waals surface area contributed by atoms with Gasteiger partial charge in [0.25, 0.3) is 0 Å². The Labute approximate surface area is 120 Å². The van der Waals surface area contributed by atoms with Crippen molar-refractivity contribution >= 4 is 17.4 Å². The topological polar surface area (TPSA) is 35.5 Å². The van der Waals surface area contributed by atoms with Gasteiger partial charge in [0, 0.05) is 11.6 Å². The molecule has 0 radical (unpaired) electrons. The molecule has 104 valence electrons. The van der Waals surface area contributed by atoms with Gasteiger partial charge in [0.2, 0.25) is 0 Å². The van der Waals surface area contributed by atoms with Gasteiger partial charge in [-0.2, -0.15) is 0 Å². The Morgan fingerprint density at radius 1 is 1.10 bits per heavy atom. The third kappa shape index (κ3) is 2.75. The van der Waals surface area contributed by atoms with Crippen LogP contribution in [-0.4, -0.2) is 20.0 Å². The largest absolute Gasteiger partial charge is 0.497 e. The lowest BCUT2D eigenvalue weighted by Gasteiger charge is -2.08. The van der Waals surface area contributed by atoms with Crippen LogP contribution in [0.15, 0.2) is 36.4 Å². The van der Waals surface area contributed by atoms with Crippen LogP contribution in [0.4, 0.5) is 4.39 Å². The van der Waals surface area contributed by atoms with Crippen LogP contribution in [0.2, 0.25) is 5.02 Å². The molecule has 0 atom stereocenters. The van der Waals surface area contributed by atoms with Crippen LogP contribution in [0.1, 0.15) is 15.9 Å². The van der Waals surface area contributed by atoms with Gasteiger partial charge < -0.3 is 9.47 Å². The molecule has 0 N–H and O–H groups in total. The van der Waals surface area contributed by atoms with E-state index in [2.05, 4.69) is 0 Å². The van der Waals surface area contributed by atoms with E-state index in [1.807, 2.05) is 0 Å². The molecule has 0 aliphatic carbocycles. The molecule has 0 heterocycles. The van der Waals surface area contributed by atoms with Gasteiger partial charge in [0.1, 0.15) is 11.5 Å². The average Bonchev–Trinajstić information content (AvgIpc) is 2.48. The van der Waals surface area contributed by atoms with Crippen LogP contribution in [-0.2, 0) is 0 Å². The summed E-state index contributed by atoms with van der Waals surface area (Å²) in [5.74, 6) is -0.312. The Morgan fingerprint density at radius 2 is 1.70 bits per heavy atom. The van der Waals surface area contributed by atoms with Crippen LogP contribution < -0.4 is 9.47 Å². The summed E-state index contributed by atoms with van der Waals surface area (Å²) in [4.78, 5) is 12.3. The molecule has 0 aliphatic heterocycles. The summed E-state index contributed by atoms with van der Waals surface area (Å²) < 4.78 is 24.1. The number of methoxy groups -OCH3 is 2. The first-order chi connectivity index (χ1) is 9.56. The van der Waals surface area contributed by atoms with E-state index >= 15 is 0 Å². The van der Waals surface area contributed by atoms with Gasteiger partial charge in [-0.1, -0.05) is 17.7 Å². The first-order valence-corrected chi connectivity index (χ1v) is 6.16. The quantitative estimate of drug-likeness (QED) is 0.806. The predicted octanol–water partition coefficient (Wildman–Crippen LogP) is 3.73. The van der Waals surface area contributed by atoms with Crippen LogP contribution in [0, 0.1) is 5.82 Å². The fourth-order valence-corrected chi connectivity index (χ4v) is 1.95. The number of ether oxygens (including phenoxy) is 2. The highest BCUT2D eigenvalue weighted by Gasteiger charge is 2.17. The first kappa shape index (κ1) is 14.3. The number of rotatable bonds is 4. The molecular weight excluding hydrogens is 283 g/mol. The Balaban J connectivity index is 2.50. The Hall–Kier alpha value is -2.07. The summed E-state index contributed by atoms with van der Waals surface area (Å²) in [7, 11) is 2.95. The van der Waals surface area contributed by atoms with Gasteiger partial charge in [-0.15, -0.1) is 0 Å². The standard InChI is InChI=1S/C15H12ClFO3/c1-19-10-6-9(7-11(8-10)20-2)15(18)12-4-3-5-13(16)14(12)17/h3-8H,1-2H3. The van der Waals surface area contributed by atoms with Crippen LogP contribution >= 0.6 is 11.6 Å². The van der Waals surface area contributed by atoms with E-state index in [1.165, 1.54) is 44.6 Å². The molecule has 20 heavy (non-hydrogen) atoms. The molecule has 0 aliphatic rings. The minimum absolute atomic E-state index is 0.0900. The zero-order valence-corrected chi connectivity index (χ0v) is 11.7. The second-order valence-electron chi connectivity index (χ2n) is 4.03. The molecule has 0 spiro atoms. The highest BCUT2D eigenvalue weighted by Crippen LogP contribution is 2.26. The molecule has 2 rings (SSSR count). The van der Waals surface area contributed by atoms with Crippen LogP contribution in [0.25, 0.3) is 0 Å². The monoisotopic (exact) mass is 294 g/mol. The highest BCUT2D eigenvalue weighted by molar-refractivity contribution is 6.31. The van der Waals surface area contributed by atoms with E-state index < -0.39 is 11.6 Å².